The van der Waals surface area contributed by atoms with Crippen molar-refractivity contribution in [2.75, 3.05) is 7.11 Å². The molecule has 0 aliphatic rings. The van der Waals surface area contributed by atoms with E-state index in [0.717, 1.165) is 25.7 Å². The van der Waals surface area contributed by atoms with Crippen LogP contribution in [-0.2, 0) is 9.53 Å². The fourth-order valence-electron chi connectivity index (χ4n) is 2.76. The Labute approximate surface area is 137 Å². The number of methoxy groups -OCH3 is 1. The van der Waals surface area contributed by atoms with Crippen LogP contribution in [-0.4, -0.2) is 24.3 Å². The van der Waals surface area contributed by atoms with E-state index in [4.69, 9.17) is 0 Å². The Morgan fingerprint density at radius 3 is 1.77 bits per heavy atom. The van der Waals surface area contributed by atoms with Gasteiger partial charge in [-0.15, -0.1) is 0 Å². The number of rotatable bonds is 16. The maximum Gasteiger partial charge on any atom is 0.305 e. The minimum atomic E-state index is -0.0862. The van der Waals surface area contributed by atoms with E-state index in [1.54, 1.807) is 0 Å². The van der Waals surface area contributed by atoms with Gasteiger partial charge in [0.2, 0.25) is 0 Å². The summed E-state index contributed by atoms with van der Waals surface area (Å²) in [5, 5.41) is 9.82. The first kappa shape index (κ1) is 21.4. The predicted molar refractivity (Wildman–Crippen MR) is 93.0 cm³/mol. The average Bonchev–Trinajstić information content (AvgIpc) is 2.52. The summed E-state index contributed by atoms with van der Waals surface area (Å²) >= 11 is 0. The molecule has 0 aliphatic heterocycles. The SMILES string of the molecule is CCCCC[C@H](O)CCCCCCCCCCCC(=O)OC. The fourth-order valence-corrected chi connectivity index (χ4v) is 2.76. The van der Waals surface area contributed by atoms with E-state index in [9.17, 15) is 9.90 Å². The van der Waals surface area contributed by atoms with Gasteiger partial charge >= 0.3 is 5.97 Å². The summed E-state index contributed by atoms with van der Waals surface area (Å²) in [5.41, 5.74) is 0. The molecule has 1 atom stereocenters. The molecule has 132 valence electrons. The molecule has 0 saturated carbocycles. The minimum absolute atomic E-state index is 0.0682. The molecule has 0 aliphatic carbocycles. The molecule has 0 unspecified atom stereocenters. The van der Waals surface area contributed by atoms with Crippen LogP contribution in [0.2, 0.25) is 0 Å². The highest BCUT2D eigenvalue weighted by molar-refractivity contribution is 5.68. The van der Waals surface area contributed by atoms with Gasteiger partial charge in [0.05, 0.1) is 13.2 Å². The summed E-state index contributed by atoms with van der Waals surface area (Å²) in [6.45, 7) is 2.20. The lowest BCUT2D eigenvalue weighted by atomic mass is 10.0. The summed E-state index contributed by atoms with van der Waals surface area (Å²) in [5.74, 6) is -0.0862. The van der Waals surface area contributed by atoms with Crippen molar-refractivity contribution in [3.8, 4) is 0 Å². The van der Waals surface area contributed by atoms with Crippen molar-refractivity contribution in [1.82, 2.24) is 0 Å². The third kappa shape index (κ3) is 15.8. The average molecular weight is 315 g/mol. The number of aliphatic hydroxyl groups is 1. The highest BCUT2D eigenvalue weighted by Gasteiger charge is 2.03. The van der Waals surface area contributed by atoms with E-state index >= 15 is 0 Å². The van der Waals surface area contributed by atoms with Crippen molar-refractivity contribution < 1.29 is 14.6 Å². The highest BCUT2D eigenvalue weighted by atomic mass is 16.5. The zero-order valence-corrected chi connectivity index (χ0v) is 14.9. The van der Waals surface area contributed by atoms with Crippen LogP contribution in [0, 0.1) is 0 Å². The molecule has 0 aromatic carbocycles. The second-order valence-corrected chi connectivity index (χ2v) is 6.45. The van der Waals surface area contributed by atoms with Gasteiger partial charge in [0, 0.05) is 6.42 Å². The van der Waals surface area contributed by atoms with E-state index in [2.05, 4.69) is 11.7 Å². The van der Waals surface area contributed by atoms with Gasteiger partial charge in [0.15, 0.2) is 0 Å². The maximum absolute atomic E-state index is 10.9. The molecular weight excluding hydrogens is 276 g/mol. The van der Waals surface area contributed by atoms with Crippen molar-refractivity contribution in [3.63, 3.8) is 0 Å². The van der Waals surface area contributed by atoms with Gasteiger partial charge in [-0.2, -0.15) is 0 Å². The zero-order valence-electron chi connectivity index (χ0n) is 14.9. The second kappa shape index (κ2) is 16.8. The predicted octanol–water partition coefficient (Wildman–Crippen LogP) is 5.39. The summed E-state index contributed by atoms with van der Waals surface area (Å²) in [4.78, 5) is 10.9. The molecule has 0 saturated heterocycles. The Hall–Kier alpha value is -0.570. The Morgan fingerprint density at radius 1 is 0.818 bits per heavy atom. The van der Waals surface area contributed by atoms with E-state index in [1.807, 2.05) is 0 Å². The highest BCUT2D eigenvalue weighted by Crippen LogP contribution is 2.14. The van der Waals surface area contributed by atoms with Gasteiger partial charge in [-0.3, -0.25) is 4.79 Å². The number of carbonyl (C=O) groups is 1. The summed E-state index contributed by atoms with van der Waals surface area (Å²) in [6, 6.07) is 0. The second-order valence-electron chi connectivity index (χ2n) is 6.45. The molecule has 0 bridgehead atoms. The van der Waals surface area contributed by atoms with Gasteiger partial charge < -0.3 is 9.84 Å². The van der Waals surface area contributed by atoms with Crippen LogP contribution >= 0.6 is 0 Å². The molecule has 0 amide bonds. The van der Waals surface area contributed by atoms with E-state index in [-0.39, 0.29) is 12.1 Å². The van der Waals surface area contributed by atoms with Crippen LogP contribution < -0.4 is 0 Å². The summed E-state index contributed by atoms with van der Waals surface area (Å²) < 4.78 is 4.62. The van der Waals surface area contributed by atoms with Crippen LogP contribution in [0.15, 0.2) is 0 Å². The topological polar surface area (TPSA) is 46.5 Å². The Bertz CT molecular complexity index is 241. The molecule has 0 fully saturated rings. The number of esters is 1. The quantitative estimate of drug-likeness (QED) is 0.307. The molecule has 0 spiro atoms. The number of carbonyl (C=O) groups excluding carboxylic acids is 1. The molecule has 3 nitrogen and oxygen atoms in total. The van der Waals surface area contributed by atoms with E-state index in [0.29, 0.717) is 6.42 Å². The van der Waals surface area contributed by atoms with Gasteiger partial charge in [-0.05, 0) is 19.3 Å². The lowest BCUT2D eigenvalue weighted by Gasteiger charge is -2.09. The molecule has 0 radical (unpaired) electrons. The van der Waals surface area contributed by atoms with Gasteiger partial charge in [0.25, 0.3) is 0 Å². The lowest BCUT2D eigenvalue weighted by molar-refractivity contribution is -0.140. The molecule has 0 rings (SSSR count). The van der Waals surface area contributed by atoms with Gasteiger partial charge in [-0.25, -0.2) is 0 Å². The van der Waals surface area contributed by atoms with Gasteiger partial charge in [-0.1, -0.05) is 77.6 Å². The summed E-state index contributed by atoms with van der Waals surface area (Å²) in [6.07, 6.45) is 17.1. The maximum atomic E-state index is 10.9. The third-order valence-electron chi connectivity index (χ3n) is 4.29. The first-order chi connectivity index (χ1) is 10.7. The first-order valence-electron chi connectivity index (χ1n) is 9.45. The van der Waals surface area contributed by atoms with E-state index < -0.39 is 0 Å². The van der Waals surface area contributed by atoms with Crippen molar-refractivity contribution >= 4 is 5.97 Å². The van der Waals surface area contributed by atoms with Crippen molar-refractivity contribution in [3.05, 3.63) is 0 Å². The van der Waals surface area contributed by atoms with Crippen molar-refractivity contribution in [2.45, 2.75) is 109 Å². The van der Waals surface area contributed by atoms with Crippen molar-refractivity contribution in [2.24, 2.45) is 0 Å². The molecule has 1 N–H and O–H groups in total. The Morgan fingerprint density at radius 2 is 1.27 bits per heavy atom. The first-order valence-corrected chi connectivity index (χ1v) is 9.45. The standard InChI is InChI=1S/C19H38O3/c1-3-4-12-15-18(20)16-13-10-8-6-5-7-9-11-14-17-19(21)22-2/h18,20H,3-17H2,1-2H3/t18-/m0/s1. The number of hydrogen-bond acceptors (Lipinski definition) is 3. The normalized spacial score (nSPS) is 12.3. The Kier molecular flexibility index (Phi) is 16.4. The molecule has 22 heavy (non-hydrogen) atoms. The largest absolute Gasteiger partial charge is 0.469 e. The van der Waals surface area contributed by atoms with E-state index in [1.165, 1.54) is 71.3 Å². The third-order valence-corrected chi connectivity index (χ3v) is 4.29. The van der Waals surface area contributed by atoms with Gasteiger partial charge in [0.1, 0.15) is 0 Å². The van der Waals surface area contributed by atoms with Crippen LogP contribution in [0.4, 0.5) is 0 Å². The lowest BCUT2D eigenvalue weighted by Crippen LogP contribution is -2.05. The number of unbranched alkanes of at least 4 members (excludes halogenated alkanes) is 10. The van der Waals surface area contributed by atoms with Crippen LogP contribution in [0.1, 0.15) is 103 Å². The number of ether oxygens (including phenoxy) is 1. The van der Waals surface area contributed by atoms with Crippen LogP contribution in [0.25, 0.3) is 0 Å². The minimum Gasteiger partial charge on any atom is -0.469 e. The number of aliphatic hydroxyl groups excluding tert-OH is 1. The molecule has 0 aromatic rings. The Balaban J connectivity index is 3.12. The van der Waals surface area contributed by atoms with Crippen LogP contribution in [0.5, 0.6) is 0 Å². The zero-order chi connectivity index (χ0) is 16.5. The molecule has 0 heterocycles. The molecule has 3 heteroatoms. The molecular formula is C19H38O3. The monoisotopic (exact) mass is 314 g/mol. The smallest absolute Gasteiger partial charge is 0.305 e. The molecule has 0 aromatic heterocycles. The summed E-state index contributed by atoms with van der Waals surface area (Å²) in [7, 11) is 1.45. The van der Waals surface area contributed by atoms with Crippen LogP contribution in [0.3, 0.4) is 0 Å². The fraction of sp³-hybridized carbons (Fsp3) is 0.947. The number of hydrogen-bond donors (Lipinski definition) is 1. The van der Waals surface area contributed by atoms with Crippen molar-refractivity contribution in [1.29, 1.82) is 0 Å².